The summed E-state index contributed by atoms with van der Waals surface area (Å²) in [6.45, 7) is 5.41. The number of carbonyl (C=O) groups is 1. The van der Waals surface area contributed by atoms with Gasteiger partial charge in [0, 0.05) is 18.6 Å². The smallest absolute Gasteiger partial charge is 0.304 e. The van der Waals surface area contributed by atoms with E-state index in [-0.39, 0.29) is 0 Å². The van der Waals surface area contributed by atoms with Crippen molar-refractivity contribution in [2.45, 2.75) is 70.9 Å². The zero-order valence-corrected chi connectivity index (χ0v) is 11.8. The third-order valence-corrected chi connectivity index (χ3v) is 4.66. The molecule has 2 atom stereocenters. The van der Waals surface area contributed by atoms with Gasteiger partial charge in [-0.05, 0) is 37.5 Å². The Bertz CT molecular complexity index is 286. The second kappa shape index (κ2) is 6.05. The third-order valence-electron chi connectivity index (χ3n) is 4.66. The Labute approximate surface area is 111 Å². The van der Waals surface area contributed by atoms with E-state index in [1.54, 1.807) is 0 Å². The second-order valence-electron chi connectivity index (χ2n) is 6.37. The predicted octanol–water partition coefficient (Wildman–Crippen LogP) is 3.14. The van der Waals surface area contributed by atoms with Gasteiger partial charge in [-0.2, -0.15) is 0 Å². The van der Waals surface area contributed by atoms with Crippen molar-refractivity contribution in [1.82, 2.24) is 4.90 Å². The van der Waals surface area contributed by atoms with Crippen molar-refractivity contribution in [2.75, 3.05) is 6.54 Å². The molecule has 3 nitrogen and oxygen atoms in total. The predicted molar refractivity (Wildman–Crippen MR) is 72.6 cm³/mol. The van der Waals surface area contributed by atoms with Crippen LogP contribution < -0.4 is 0 Å². The van der Waals surface area contributed by atoms with Crippen LogP contribution in [0.5, 0.6) is 0 Å². The quantitative estimate of drug-likeness (QED) is 0.790. The molecule has 0 aliphatic heterocycles. The van der Waals surface area contributed by atoms with Crippen LogP contribution in [0.1, 0.15) is 58.8 Å². The van der Waals surface area contributed by atoms with Gasteiger partial charge in [-0.25, -0.2) is 0 Å². The third kappa shape index (κ3) is 3.47. The van der Waals surface area contributed by atoms with E-state index < -0.39 is 5.97 Å². The largest absolute Gasteiger partial charge is 0.481 e. The molecule has 2 unspecified atom stereocenters. The molecule has 0 saturated heterocycles. The summed E-state index contributed by atoms with van der Waals surface area (Å²) in [5, 5.41) is 8.91. The molecule has 3 heteroatoms. The number of carboxylic acid groups (broad SMARTS) is 1. The number of rotatable bonds is 6. The highest BCUT2D eigenvalue weighted by Gasteiger charge is 2.39. The van der Waals surface area contributed by atoms with E-state index in [1.165, 1.54) is 38.5 Å². The maximum absolute atomic E-state index is 10.8. The SMILES string of the molecule is CC(C)C1CCCCC1N(CCC(=O)O)C1CC1. The summed E-state index contributed by atoms with van der Waals surface area (Å²) in [4.78, 5) is 13.4. The standard InChI is InChI=1S/C15H27NO2/c1-11(2)13-5-3-4-6-14(13)16(12-7-8-12)10-9-15(17)18/h11-14H,3-10H2,1-2H3,(H,17,18). The van der Waals surface area contributed by atoms with E-state index in [0.717, 1.165) is 18.4 Å². The van der Waals surface area contributed by atoms with Crippen LogP contribution in [-0.2, 0) is 4.79 Å². The van der Waals surface area contributed by atoms with E-state index in [9.17, 15) is 4.79 Å². The molecule has 2 rings (SSSR count). The highest BCUT2D eigenvalue weighted by molar-refractivity contribution is 5.66. The molecule has 18 heavy (non-hydrogen) atoms. The lowest BCUT2D eigenvalue weighted by Gasteiger charge is -2.42. The summed E-state index contributed by atoms with van der Waals surface area (Å²) in [6, 6.07) is 1.33. The molecule has 2 saturated carbocycles. The van der Waals surface area contributed by atoms with Gasteiger partial charge in [0.2, 0.25) is 0 Å². The number of hydrogen-bond acceptors (Lipinski definition) is 2. The summed E-state index contributed by atoms with van der Waals surface area (Å²) >= 11 is 0. The lowest BCUT2D eigenvalue weighted by molar-refractivity contribution is -0.137. The maximum Gasteiger partial charge on any atom is 0.304 e. The summed E-state index contributed by atoms with van der Waals surface area (Å²) in [5.74, 6) is 0.840. The normalized spacial score (nSPS) is 28.9. The van der Waals surface area contributed by atoms with E-state index in [4.69, 9.17) is 5.11 Å². The zero-order valence-electron chi connectivity index (χ0n) is 11.8. The topological polar surface area (TPSA) is 40.5 Å². The van der Waals surface area contributed by atoms with Crippen LogP contribution in [0, 0.1) is 11.8 Å². The van der Waals surface area contributed by atoms with Crippen molar-refractivity contribution in [2.24, 2.45) is 11.8 Å². The van der Waals surface area contributed by atoms with Crippen LogP contribution >= 0.6 is 0 Å². The Morgan fingerprint density at radius 1 is 1.22 bits per heavy atom. The van der Waals surface area contributed by atoms with Crippen molar-refractivity contribution in [3.8, 4) is 0 Å². The van der Waals surface area contributed by atoms with E-state index in [1.807, 2.05) is 0 Å². The number of hydrogen-bond donors (Lipinski definition) is 1. The lowest BCUT2D eigenvalue weighted by Crippen LogP contribution is -2.46. The molecule has 2 aliphatic rings. The van der Waals surface area contributed by atoms with Gasteiger partial charge in [-0.15, -0.1) is 0 Å². The maximum atomic E-state index is 10.8. The van der Waals surface area contributed by atoms with Crippen LogP contribution in [0.2, 0.25) is 0 Å². The van der Waals surface area contributed by atoms with Gasteiger partial charge in [0.15, 0.2) is 0 Å². The Balaban J connectivity index is 2.00. The zero-order chi connectivity index (χ0) is 13.1. The minimum atomic E-state index is -0.655. The molecule has 104 valence electrons. The molecular formula is C15H27NO2. The highest BCUT2D eigenvalue weighted by atomic mass is 16.4. The molecule has 0 heterocycles. The number of nitrogens with zero attached hydrogens (tertiary/aromatic N) is 1. The van der Waals surface area contributed by atoms with Gasteiger partial charge >= 0.3 is 5.97 Å². The molecule has 0 aromatic heterocycles. The van der Waals surface area contributed by atoms with Crippen molar-refractivity contribution >= 4 is 5.97 Å². The van der Waals surface area contributed by atoms with Gasteiger partial charge in [0.1, 0.15) is 0 Å². The monoisotopic (exact) mass is 253 g/mol. The summed E-state index contributed by atoms with van der Waals surface area (Å²) in [7, 11) is 0. The summed E-state index contributed by atoms with van der Waals surface area (Å²) < 4.78 is 0. The first-order chi connectivity index (χ1) is 8.59. The fraction of sp³-hybridized carbons (Fsp3) is 0.933. The van der Waals surface area contributed by atoms with Gasteiger partial charge in [-0.1, -0.05) is 26.7 Å². The van der Waals surface area contributed by atoms with Crippen molar-refractivity contribution in [3.05, 3.63) is 0 Å². The Hall–Kier alpha value is -0.570. The van der Waals surface area contributed by atoms with Crippen LogP contribution in [-0.4, -0.2) is 34.6 Å². The average Bonchev–Trinajstić information content (AvgIpc) is 3.14. The molecule has 0 aromatic carbocycles. The molecule has 2 aliphatic carbocycles. The summed E-state index contributed by atoms with van der Waals surface area (Å²) in [6.07, 6.45) is 8.15. The summed E-state index contributed by atoms with van der Waals surface area (Å²) in [5.41, 5.74) is 0. The molecular weight excluding hydrogens is 226 g/mol. The van der Waals surface area contributed by atoms with Gasteiger partial charge in [-0.3, -0.25) is 9.69 Å². The molecule has 0 aromatic rings. The van der Waals surface area contributed by atoms with E-state index in [2.05, 4.69) is 18.7 Å². The van der Waals surface area contributed by atoms with Crippen LogP contribution in [0.15, 0.2) is 0 Å². The molecule has 0 amide bonds. The Morgan fingerprint density at radius 3 is 2.44 bits per heavy atom. The fourth-order valence-electron chi connectivity index (χ4n) is 3.58. The highest BCUT2D eigenvalue weighted by Crippen LogP contribution is 2.39. The first-order valence-electron chi connectivity index (χ1n) is 7.57. The fourth-order valence-corrected chi connectivity index (χ4v) is 3.58. The van der Waals surface area contributed by atoms with Crippen LogP contribution in [0.25, 0.3) is 0 Å². The molecule has 0 bridgehead atoms. The van der Waals surface area contributed by atoms with E-state index in [0.29, 0.717) is 18.5 Å². The van der Waals surface area contributed by atoms with Crippen molar-refractivity contribution in [1.29, 1.82) is 0 Å². The lowest BCUT2D eigenvalue weighted by atomic mass is 9.77. The average molecular weight is 253 g/mol. The number of aliphatic carboxylic acids is 1. The molecule has 1 N–H and O–H groups in total. The molecule has 2 fully saturated rings. The molecule has 0 radical (unpaired) electrons. The van der Waals surface area contributed by atoms with Gasteiger partial charge in [0.05, 0.1) is 6.42 Å². The minimum absolute atomic E-state index is 0.303. The van der Waals surface area contributed by atoms with Gasteiger partial charge in [0.25, 0.3) is 0 Å². The van der Waals surface area contributed by atoms with Crippen LogP contribution in [0.4, 0.5) is 0 Å². The second-order valence-corrected chi connectivity index (χ2v) is 6.37. The first-order valence-corrected chi connectivity index (χ1v) is 7.57. The Morgan fingerprint density at radius 2 is 1.89 bits per heavy atom. The van der Waals surface area contributed by atoms with E-state index >= 15 is 0 Å². The molecule has 0 spiro atoms. The number of carboxylic acids is 1. The van der Waals surface area contributed by atoms with Crippen LogP contribution in [0.3, 0.4) is 0 Å². The first kappa shape index (κ1) is 13.9. The van der Waals surface area contributed by atoms with Gasteiger partial charge < -0.3 is 5.11 Å². The van der Waals surface area contributed by atoms with Crippen molar-refractivity contribution in [3.63, 3.8) is 0 Å². The Kier molecular flexibility index (Phi) is 4.66. The minimum Gasteiger partial charge on any atom is -0.481 e. The van der Waals surface area contributed by atoms with Crippen molar-refractivity contribution < 1.29 is 9.90 Å².